The fourth-order valence-electron chi connectivity index (χ4n) is 1.25. The van der Waals surface area contributed by atoms with Crippen molar-refractivity contribution < 1.29 is 9.53 Å². The molecule has 0 bridgehead atoms. The molecular formula is C12H16BrNO2. The summed E-state index contributed by atoms with van der Waals surface area (Å²) in [7, 11) is 0. The summed E-state index contributed by atoms with van der Waals surface area (Å²) in [6.45, 7) is 0.347. The lowest BCUT2D eigenvalue weighted by atomic mass is 10.2. The highest BCUT2D eigenvalue weighted by Gasteiger charge is 2.04. The van der Waals surface area contributed by atoms with Crippen LogP contribution in [0.15, 0.2) is 30.3 Å². The molecule has 0 saturated carbocycles. The van der Waals surface area contributed by atoms with Crippen molar-refractivity contribution >= 4 is 21.9 Å². The van der Waals surface area contributed by atoms with Crippen molar-refractivity contribution in [2.24, 2.45) is 5.73 Å². The molecule has 3 nitrogen and oxygen atoms in total. The van der Waals surface area contributed by atoms with Gasteiger partial charge in [0.05, 0.1) is 4.95 Å². The van der Waals surface area contributed by atoms with Gasteiger partial charge in [0.25, 0.3) is 0 Å². The van der Waals surface area contributed by atoms with Gasteiger partial charge < -0.3 is 10.5 Å². The van der Waals surface area contributed by atoms with Crippen molar-refractivity contribution in [3.8, 4) is 0 Å². The number of rotatable bonds is 6. The van der Waals surface area contributed by atoms with Crippen LogP contribution in [0.1, 0.15) is 24.8 Å². The highest BCUT2D eigenvalue weighted by molar-refractivity contribution is 9.09. The molecule has 0 amide bonds. The first-order chi connectivity index (χ1) is 7.68. The van der Waals surface area contributed by atoms with Crippen molar-refractivity contribution in [2.75, 3.05) is 0 Å². The molecule has 0 fully saturated rings. The van der Waals surface area contributed by atoms with E-state index >= 15 is 0 Å². The van der Waals surface area contributed by atoms with Crippen LogP contribution in [-0.2, 0) is 16.1 Å². The predicted octanol–water partition coefficient (Wildman–Crippen LogP) is 2.58. The van der Waals surface area contributed by atoms with Crippen LogP contribution in [0.5, 0.6) is 0 Å². The third kappa shape index (κ3) is 5.88. The molecule has 0 aliphatic heterocycles. The Balaban J connectivity index is 2.16. The van der Waals surface area contributed by atoms with Gasteiger partial charge in [0.15, 0.2) is 0 Å². The normalized spacial score (nSPS) is 12.1. The Hall–Kier alpha value is -0.870. The zero-order valence-electron chi connectivity index (χ0n) is 9.06. The van der Waals surface area contributed by atoms with E-state index in [9.17, 15) is 4.79 Å². The maximum absolute atomic E-state index is 11.3. The van der Waals surface area contributed by atoms with Gasteiger partial charge in [0.2, 0.25) is 0 Å². The number of ether oxygens (including phenoxy) is 1. The Morgan fingerprint density at radius 3 is 2.69 bits per heavy atom. The van der Waals surface area contributed by atoms with Gasteiger partial charge in [-0.15, -0.1) is 0 Å². The van der Waals surface area contributed by atoms with Gasteiger partial charge in [-0.05, 0) is 18.4 Å². The van der Waals surface area contributed by atoms with E-state index in [4.69, 9.17) is 10.5 Å². The fourth-order valence-corrected chi connectivity index (χ4v) is 1.58. The van der Waals surface area contributed by atoms with E-state index in [0.717, 1.165) is 18.4 Å². The number of esters is 1. The first kappa shape index (κ1) is 13.2. The second kappa shape index (κ2) is 7.41. The molecule has 16 heavy (non-hydrogen) atoms. The minimum atomic E-state index is -0.169. The predicted molar refractivity (Wildman–Crippen MR) is 67.0 cm³/mol. The Bertz CT molecular complexity index is 314. The minimum absolute atomic E-state index is 0.0329. The third-order valence-corrected chi connectivity index (χ3v) is 2.56. The molecule has 2 N–H and O–H groups in total. The van der Waals surface area contributed by atoms with Gasteiger partial charge in [0, 0.05) is 6.42 Å². The van der Waals surface area contributed by atoms with Crippen molar-refractivity contribution in [3.05, 3.63) is 35.9 Å². The highest BCUT2D eigenvalue weighted by Crippen LogP contribution is 2.06. The first-order valence-corrected chi connectivity index (χ1v) is 6.19. The molecule has 0 aliphatic carbocycles. The fraction of sp³-hybridized carbons (Fsp3) is 0.417. The third-order valence-electron chi connectivity index (χ3n) is 2.10. The SMILES string of the molecule is NC(Br)CCCC(=O)OCc1ccccc1. The minimum Gasteiger partial charge on any atom is -0.461 e. The first-order valence-electron chi connectivity index (χ1n) is 5.27. The average molecular weight is 286 g/mol. The summed E-state index contributed by atoms with van der Waals surface area (Å²) >= 11 is 3.23. The molecule has 0 aromatic heterocycles. The van der Waals surface area contributed by atoms with Crippen molar-refractivity contribution in [1.82, 2.24) is 0 Å². The molecule has 1 aromatic rings. The van der Waals surface area contributed by atoms with Crippen LogP contribution in [0.3, 0.4) is 0 Å². The molecule has 0 aliphatic rings. The number of hydrogen-bond donors (Lipinski definition) is 1. The Kier molecular flexibility index (Phi) is 6.11. The molecule has 0 radical (unpaired) electrons. The summed E-state index contributed by atoms with van der Waals surface area (Å²) in [6, 6.07) is 9.64. The van der Waals surface area contributed by atoms with Crippen LogP contribution in [0.2, 0.25) is 0 Å². The summed E-state index contributed by atoms with van der Waals surface area (Å²) in [5.41, 5.74) is 6.52. The molecule has 88 valence electrons. The van der Waals surface area contributed by atoms with Crippen molar-refractivity contribution in [2.45, 2.75) is 30.8 Å². The van der Waals surface area contributed by atoms with Crippen LogP contribution in [0.4, 0.5) is 0 Å². The van der Waals surface area contributed by atoms with Crippen LogP contribution in [0, 0.1) is 0 Å². The quantitative estimate of drug-likeness (QED) is 0.497. The molecular weight excluding hydrogens is 270 g/mol. The lowest BCUT2D eigenvalue weighted by Crippen LogP contribution is -2.12. The van der Waals surface area contributed by atoms with E-state index in [1.54, 1.807) is 0 Å². The molecule has 4 heteroatoms. The van der Waals surface area contributed by atoms with E-state index in [1.165, 1.54) is 0 Å². The number of hydrogen-bond acceptors (Lipinski definition) is 3. The number of carbonyl (C=O) groups excluding carboxylic acids is 1. The van der Waals surface area contributed by atoms with E-state index in [-0.39, 0.29) is 10.9 Å². The molecule has 1 aromatic carbocycles. The Morgan fingerprint density at radius 1 is 1.38 bits per heavy atom. The summed E-state index contributed by atoms with van der Waals surface area (Å²) < 4.78 is 5.11. The largest absolute Gasteiger partial charge is 0.461 e. The lowest BCUT2D eigenvalue weighted by Gasteiger charge is -2.05. The van der Waals surface area contributed by atoms with E-state index in [1.807, 2.05) is 30.3 Å². The molecule has 0 spiro atoms. The number of alkyl halides is 1. The highest BCUT2D eigenvalue weighted by atomic mass is 79.9. The van der Waals surface area contributed by atoms with Crippen LogP contribution in [-0.4, -0.2) is 10.9 Å². The standard InChI is InChI=1S/C12H16BrNO2/c13-11(14)7-4-8-12(15)16-9-10-5-2-1-3-6-10/h1-3,5-6,11H,4,7-9,14H2. The zero-order valence-corrected chi connectivity index (χ0v) is 10.7. The van der Waals surface area contributed by atoms with Gasteiger partial charge in [-0.25, -0.2) is 0 Å². The summed E-state index contributed by atoms with van der Waals surface area (Å²) in [5.74, 6) is -0.169. The van der Waals surface area contributed by atoms with E-state index < -0.39 is 0 Å². The molecule has 1 rings (SSSR count). The van der Waals surface area contributed by atoms with Gasteiger partial charge in [-0.2, -0.15) is 0 Å². The topological polar surface area (TPSA) is 52.3 Å². The number of benzene rings is 1. The van der Waals surface area contributed by atoms with E-state index in [0.29, 0.717) is 13.0 Å². The van der Waals surface area contributed by atoms with Crippen molar-refractivity contribution in [1.29, 1.82) is 0 Å². The monoisotopic (exact) mass is 285 g/mol. The molecule has 1 atom stereocenters. The zero-order chi connectivity index (χ0) is 11.8. The maximum Gasteiger partial charge on any atom is 0.306 e. The molecule has 0 saturated heterocycles. The van der Waals surface area contributed by atoms with Gasteiger partial charge in [0.1, 0.15) is 6.61 Å². The Morgan fingerprint density at radius 2 is 2.06 bits per heavy atom. The van der Waals surface area contributed by atoms with Crippen molar-refractivity contribution in [3.63, 3.8) is 0 Å². The van der Waals surface area contributed by atoms with Crippen LogP contribution in [0.25, 0.3) is 0 Å². The van der Waals surface area contributed by atoms with Gasteiger partial charge >= 0.3 is 5.97 Å². The number of carbonyl (C=O) groups is 1. The smallest absolute Gasteiger partial charge is 0.306 e. The second-order valence-electron chi connectivity index (χ2n) is 3.55. The molecule has 1 unspecified atom stereocenters. The average Bonchev–Trinajstić information content (AvgIpc) is 2.27. The number of nitrogens with two attached hydrogens (primary N) is 1. The maximum atomic E-state index is 11.3. The Labute approximate surface area is 104 Å². The number of halogens is 1. The van der Waals surface area contributed by atoms with Gasteiger partial charge in [-0.3, -0.25) is 4.79 Å². The van der Waals surface area contributed by atoms with Crippen LogP contribution >= 0.6 is 15.9 Å². The summed E-state index contributed by atoms with van der Waals surface area (Å²) in [4.78, 5) is 11.3. The lowest BCUT2D eigenvalue weighted by molar-refractivity contribution is -0.145. The summed E-state index contributed by atoms with van der Waals surface area (Å²) in [6.07, 6.45) is 1.95. The summed E-state index contributed by atoms with van der Waals surface area (Å²) in [5, 5.41) is 0. The van der Waals surface area contributed by atoms with Crippen LogP contribution < -0.4 is 5.73 Å². The second-order valence-corrected chi connectivity index (χ2v) is 4.73. The van der Waals surface area contributed by atoms with Gasteiger partial charge in [-0.1, -0.05) is 46.3 Å². The molecule has 0 heterocycles. The van der Waals surface area contributed by atoms with E-state index in [2.05, 4.69) is 15.9 Å².